The van der Waals surface area contributed by atoms with Crippen LogP contribution in [0.25, 0.3) is 0 Å². The number of rotatable bonds is 8. The van der Waals surface area contributed by atoms with Crippen molar-refractivity contribution in [2.24, 2.45) is 0 Å². The molecule has 0 heterocycles. The van der Waals surface area contributed by atoms with E-state index in [0.29, 0.717) is 32.0 Å². The van der Waals surface area contributed by atoms with E-state index in [4.69, 9.17) is 9.47 Å². The molecule has 1 aromatic rings. The molecule has 1 aromatic carbocycles. The van der Waals surface area contributed by atoms with Gasteiger partial charge in [0.1, 0.15) is 11.3 Å². The summed E-state index contributed by atoms with van der Waals surface area (Å²) in [6.45, 7) is 6.76. The van der Waals surface area contributed by atoms with Crippen LogP contribution in [0.4, 0.5) is 16.2 Å². The molecule has 2 N–H and O–H groups in total. The number of carbonyl (C=O) groups excluding carboxylic acids is 1. The summed E-state index contributed by atoms with van der Waals surface area (Å²) >= 11 is 3.28. The molecule has 9 heteroatoms. The molecular formula is C15H22BrN3O5. The van der Waals surface area contributed by atoms with E-state index in [1.54, 1.807) is 32.9 Å². The van der Waals surface area contributed by atoms with E-state index in [1.165, 1.54) is 6.07 Å². The second-order valence-corrected chi connectivity index (χ2v) is 6.80. The number of anilines is 1. The highest BCUT2D eigenvalue weighted by Gasteiger charge is 2.15. The molecule has 0 unspecified atom stereocenters. The highest BCUT2D eigenvalue weighted by molar-refractivity contribution is 9.10. The van der Waals surface area contributed by atoms with Crippen molar-refractivity contribution in [1.29, 1.82) is 0 Å². The highest BCUT2D eigenvalue weighted by Crippen LogP contribution is 2.27. The molecule has 0 fully saturated rings. The fourth-order valence-electron chi connectivity index (χ4n) is 1.71. The van der Waals surface area contributed by atoms with Gasteiger partial charge in [-0.3, -0.25) is 10.1 Å². The van der Waals surface area contributed by atoms with Crippen molar-refractivity contribution in [2.75, 3.05) is 31.6 Å². The molecule has 24 heavy (non-hydrogen) atoms. The second-order valence-electron chi connectivity index (χ2n) is 5.89. The molecule has 8 nitrogen and oxygen atoms in total. The van der Waals surface area contributed by atoms with Crippen LogP contribution in [-0.4, -0.2) is 42.9 Å². The van der Waals surface area contributed by atoms with Gasteiger partial charge in [0.25, 0.3) is 5.69 Å². The molecule has 0 bridgehead atoms. The van der Waals surface area contributed by atoms with Crippen LogP contribution in [-0.2, 0) is 9.47 Å². The van der Waals surface area contributed by atoms with Crippen LogP contribution in [0.2, 0.25) is 0 Å². The number of nitro groups is 1. The van der Waals surface area contributed by atoms with Crippen LogP contribution in [0.3, 0.4) is 0 Å². The van der Waals surface area contributed by atoms with Gasteiger partial charge in [0.05, 0.1) is 18.1 Å². The van der Waals surface area contributed by atoms with E-state index in [0.717, 1.165) is 4.47 Å². The van der Waals surface area contributed by atoms with Crippen LogP contribution in [0.1, 0.15) is 20.8 Å². The van der Waals surface area contributed by atoms with Crippen molar-refractivity contribution >= 4 is 33.4 Å². The van der Waals surface area contributed by atoms with Crippen molar-refractivity contribution < 1.29 is 19.2 Å². The SMILES string of the molecule is CC(C)(C)OC(=O)NCCOCCNc1cc(Br)ccc1[N+](=O)[O-]. The van der Waals surface area contributed by atoms with E-state index in [2.05, 4.69) is 26.6 Å². The fraction of sp³-hybridized carbons (Fsp3) is 0.533. The Labute approximate surface area is 149 Å². The first-order valence-electron chi connectivity index (χ1n) is 7.41. The Balaban J connectivity index is 2.22. The Morgan fingerprint density at radius 3 is 2.58 bits per heavy atom. The number of ether oxygens (including phenoxy) is 2. The van der Waals surface area contributed by atoms with Crippen molar-refractivity contribution in [3.63, 3.8) is 0 Å². The molecule has 0 saturated carbocycles. The number of alkyl carbamates (subject to hydrolysis) is 1. The summed E-state index contributed by atoms with van der Waals surface area (Å²) in [6.07, 6.45) is -0.492. The van der Waals surface area contributed by atoms with Crippen molar-refractivity contribution in [2.45, 2.75) is 26.4 Å². The van der Waals surface area contributed by atoms with E-state index in [-0.39, 0.29) is 5.69 Å². The van der Waals surface area contributed by atoms with E-state index in [9.17, 15) is 14.9 Å². The van der Waals surface area contributed by atoms with Gasteiger partial charge < -0.3 is 20.1 Å². The van der Waals surface area contributed by atoms with Gasteiger partial charge in [-0.2, -0.15) is 0 Å². The molecule has 0 atom stereocenters. The average Bonchev–Trinajstić information content (AvgIpc) is 2.44. The number of nitrogens with one attached hydrogen (secondary N) is 2. The number of benzene rings is 1. The molecule has 1 rings (SSSR count). The first kappa shape index (κ1) is 20.2. The maximum atomic E-state index is 11.4. The second kappa shape index (κ2) is 9.43. The molecule has 1 amide bonds. The lowest BCUT2D eigenvalue weighted by molar-refractivity contribution is -0.384. The number of halogens is 1. The molecule has 0 aliphatic heterocycles. The topological polar surface area (TPSA) is 103 Å². The van der Waals surface area contributed by atoms with Gasteiger partial charge in [-0.05, 0) is 32.9 Å². The van der Waals surface area contributed by atoms with Crippen LogP contribution in [0.5, 0.6) is 0 Å². The predicted molar refractivity (Wildman–Crippen MR) is 94.3 cm³/mol. The number of nitro benzene ring substituents is 1. The maximum absolute atomic E-state index is 11.4. The minimum atomic E-state index is -0.534. The summed E-state index contributed by atoms with van der Waals surface area (Å²) in [6, 6.07) is 4.68. The normalized spacial score (nSPS) is 11.0. The van der Waals surface area contributed by atoms with Gasteiger partial charge in [0.2, 0.25) is 0 Å². The molecule has 0 spiro atoms. The summed E-state index contributed by atoms with van der Waals surface area (Å²) in [5.74, 6) is 0. The monoisotopic (exact) mass is 403 g/mol. The summed E-state index contributed by atoms with van der Waals surface area (Å²) in [5.41, 5.74) is -0.109. The number of carbonyl (C=O) groups is 1. The van der Waals surface area contributed by atoms with E-state index in [1.807, 2.05) is 0 Å². The van der Waals surface area contributed by atoms with Crippen molar-refractivity contribution in [3.8, 4) is 0 Å². The summed E-state index contributed by atoms with van der Waals surface area (Å²) in [4.78, 5) is 21.9. The average molecular weight is 404 g/mol. The zero-order valence-electron chi connectivity index (χ0n) is 13.9. The van der Waals surface area contributed by atoms with Gasteiger partial charge in [-0.25, -0.2) is 4.79 Å². The third-order valence-electron chi connectivity index (χ3n) is 2.63. The standard InChI is InChI=1S/C15H22BrN3O5/c1-15(2,3)24-14(20)18-7-9-23-8-6-17-12-10-11(16)4-5-13(12)19(21)22/h4-5,10,17H,6-9H2,1-3H3,(H,18,20). The number of hydrogen-bond acceptors (Lipinski definition) is 6. The van der Waals surface area contributed by atoms with Gasteiger partial charge >= 0.3 is 6.09 Å². The van der Waals surface area contributed by atoms with Crippen molar-refractivity contribution in [1.82, 2.24) is 5.32 Å². The van der Waals surface area contributed by atoms with Crippen LogP contribution >= 0.6 is 15.9 Å². The highest BCUT2D eigenvalue weighted by atomic mass is 79.9. The quantitative estimate of drug-likeness (QED) is 0.392. The van der Waals surface area contributed by atoms with Crippen LogP contribution < -0.4 is 10.6 Å². The van der Waals surface area contributed by atoms with E-state index >= 15 is 0 Å². The van der Waals surface area contributed by atoms with E-state index < -0.39 is 16.6 Å². The van der Waals surface area contributed by atoms with Crippen molar-refractivity contribution in [3.05, 3.63) is 32.8 Å². The first-order chi connectivity index (χ1) is 11.2. The Bertz CT molecular complexity index is 575. The zero-order valence-corrected chi connectivity index (χ0v) is 15.5. The van der Waals surface area contributed by atoms with Gasteiger partial charge in [0.15, 0.2) is 0 Å². The molecule has 0 radical (unpaired) electrons. The Morgan fingerprint density at radius 2 is 1.96 bits per heavy atom. The van der Waals surface area contributed by atoms with Crippen LogP contribution in [0, 0.1) is 10.1 Å². The minimum absolute atomic E-state index is 0.00444. The first-order valence-corrected chi connectivity index (χ1v) is 8.21. The van der Waals surface area contributed by atoms with Crippen LogP contribution in [0.15, 0.2) is 22.7 Å². The van der Waals surface area contributed by atoms with Gasteiger partial charge in [-0.15, -0.1) is 0 Å². The number of amides is 1. The summed E-state index contributed by atoms with van der Waals surface area (Å²) < 4.78 is 11.2. The molecule has 0 saturated heterocycles. The lowest BCUT2D eigenvalue weighted by atomic mass is 10.2. The summed E-state index contributed by atoms with van der Waals surface area (Å²) in [5, 5.41) is 16.5. The minimum Gasteiger partial charge on any atom is -0.444 e. The Morgan fingerprint density at radius 1 is 1.29 bits per heavy atom. The predicted octanol–water partition coefficient (Wildman–Crippen LogP) is 3.31. The third-order valence-corrected chi connectivity index (χ3v) is 3.13. The maximum Gasteiger partial charge on any atom is 0.407 e. The molecular weight excluding hydrogens is 382 g/mol. The zero-order chi connectivity index (χ0) is 18.2. The fourth-order valence-corrected chi connectivity index (χ4v) is 2.07. The Hall–Kier alpha value is -1.87. The lowest BCUT2D eigenvalue weighted by Crippen LogP contribution is -2.34. The Kier molecular flexibility index (Phi) is 7.93. The molecule has 0 aliphatic carbocycles. The van der Waals surface area contributed by atoms with Gasteiger partial charge in [-0.1, -0.05) is 15.9 Å². The van der Waals surface area contributed by atoms with Gasteiger partial charge in [0, 0.05) is 23.6 Å². The molecule has 0 aliphatic rings. The largest absolute Gasteiger partial charge is 0.444 e. The lowest BCUT2D eigenvalue weighted by Gasteiger charge is -2.19. The molecule has 134 valence electrons. The smallest absolute Gasteiger partial charge is 0.407 e. The molecule has 0 aromatic heterocycles. The number of nitrogens with zero attached hydrogens (tertiary/aromatic N) is 1. The third kappa shape index (κ3) is 8.11. The summed E-state index contributed by atoms with van der Waals surface area (Å²) in [7, 11) is 0. The number of hydrogen-bond donors (Lipinski definition) is 2.